The first-order valence-corrected chi connectivity index (χ1v) is 6.30. The molecule has 0 nitrogen and oxygen atoms in total. The Morgan fingerprint density at radius 1 is 1.21 bits per heavy atom. The van der Waals surface area contributed by atoms with E-state index in [1.807, 2.05) is 0 Å². The van der Waals surface area contributed by atoms with Crippen LogP contribution in [0.25, 0.3) is 0 Å². The molecule has 2 aliphatic carbocycles. The number of fused-ring (bicyclic) bond motifs is 2. The van der Waals surface area contributed by atoms with E-state index in [1.165, 1.54) is 24.8 Å². The van der Waals surface area contributed by atoms with Crippen molar-refractivity contribution in [2.24, 2.45) is 23.2 Å². The van der Waals surface area contributed by atoms with Crippen LogP contribution in [0.4, 0.5) is 0 Å². The van der Waals surface area contributed by atoms with Gasteiger partial charge >= 0.3 is 0 Å². The van der Waals surface area contributed by atoms with E-state index in [9.17, 15) is 0 Å². The summed E-state index contributed by atoms with van der Waals surface area (Å²) in [6, 6.07) is 0. The van der Waals surface area contributed by atoms with Crippen molar-refractivity contribution < 1.29 is 0 Å². The van der Waals surface area contributed by atoms with Gasteiger partial charge in [0, 0.05) is 5.25 Å². The first-order valence-electron chi connectivity index (χ1n) is 5.78. The first-order chi connectivity index (χ1) is 6.41. The zero-order chi connectivity index (χ0) is 10.5. The van der Waals surface area contributed by atoms with Crippen molar-refractivity contribution in [3.05, 3.63) is 12.2 Å². The second-order valence-electron chi connectivity index (χ2n) is 6.12. The van der Waals surface area contributed by atoms with Crippen LogP contribution in [0.15, 0.2) is 12.2 Å². The Morgan fingerprint density at radius 3 is 2.21 bits per heavy atom. The molecule has 0 aromatic carbocycles. The molecule has 0 radical (unpaired) electrons. The molecule has 4 atom stereocenters. The Kier molecular flexibility index (Phi) is 2.50. The zero-order valence-corrected chi connectivity index (χ0v) is 10.5. The maximum absolute atomic E-state index is 4.80. The zero-order valence-electron chi connectivity index (χ0n) is 9.59. The average molecular weight is 210 g/mol. The second kappa shape index (κ2) is 3.30. The number of thiol groups is 1. The number of rotatable bonds is 1. The van der Waals surface area contributed by atoms with E-state index < -0.39 is 0 Å². The molecule has 0 amide bonds. The molecule has 2 saturated carbocycles. The van der Waals surface area contributed by atoms with E-state index in [4.69, 9.17) is 12.6 Å². The average Bonchev–Trinajstić information content (AvgIpc) is 2.61. The molecular weight excluding hydrogens is 188 g/mol. The Labute approximate surface area is 93.6 Å². The van der Waals surface area contributed by atoms with E-state index >= 15 is 0 Å². The van der Waals surface area contributed by atoms with Crippen LogP contribution in [0.3, 0.4) is 0 Å². The molecular formula is C13H22S. The standard InChI is InChI=1S/C13H22S/c1-8(13(2,3)4)11-9-5-6-10(7-9)12(11)14/h9-12,14H,1,5-7H2,2-4H3. The molecule has 0 saturated heterocycles. The molecule has 0 aromatic rings. The molecule has 2 aliphatic rings. The van der Waals surface area contributed by atoms with E-state index in [1.54, 1.807) is 0 Å². The summed E-state index contributed by atoms with van der Waals surface area (Å²) in [5.74, 6) is 2.47. The van der Waals surface area contributed by atoms with Gasteiger partial charge in [-0.2, -0.15) is 12.6 Å². The fourth-order valence-corrected chi connectivity index (χ4v) is 3.95. The summed E-state index contributed by atoms with van der Waals surface area (Å²) in [6.45, 7) is 11.2. The van der Waals surface area contributed by atoms with Crippen molar-refractivity contribution in [2.75, 3.05) is 0 Å². The van der Waals surface area contributed by atoms with E-state index in [-0.39, 0.29) is 5.41 Å². The van der Waals surface area contributed by atoms with Crippen molar-refractivity contribution in [1.29, 1.82) is 0 Å². The fraction of sp³-hybridized carbons (Fsp3) is 0.846. The lowest BCUT2D eigenvalue weighted by Crippen LogP contribution is -2.29. The van der Waals surface area contributed by atoms with Crippen LogP contribution in [-0.4, -0.2) is 5.25 Å². The summed E-state index contributed by atoms with van der Waals surface area (Å²) in [5, 5.41) is 0.598. The van der Waals surface area contributed by atoms with Crippen LogP contribution in [0.2, 0.25) is 0 Å². The maximum Gasteiger partial charge on any atom is 0.0113 e. The summed E-state index contributed by atoms with van der Waals surface area (Å²) in [5.41, 5.74) is 1.69. The van der Waals surface area contributed by atoms with Gasteiger partial charge in [-0.1, -0.05) is 32.9 Å². The Bertz CT molecular complexity index is 246. The molecule has 0 heterocycles. The van der Waals surface area contributed by atoms with Crippen molar-refractivity contribution in [3.63, 3.8) is 0 Å². The summed E-state index contributed by atoms with van der Waals surface area (Å²) in [7, 11) is 0. The summed E-state index contributed by atoms with van der Waals surface area (Å²) < 4.78 is 0. The summed E-state index contributed by atoms with van der Waals surface area (Å²) >= 11 is 4.80. The summed E-state index contributed by atoms with van der Waals surface area (Å²) in [4.78, 5) is 0. The topological polar surface area (TPSA) is 0 Å². The van der Waals surface area contributed by atoms with Crippen molar-refractivity contribution >= 4 is 12.6 Å². The number of hydrogen-bond acceptors (Lipinski definition) is 1. The predicted octanol–water partition coefficient (Wildman–Crippen LogP) is 3.93. The third-order valence-corrected chi connectivity index (χ3v) is 4.98. The van der Waals surface area contributed by atoms with Gasteiger partial charge in [0.05, 0.1) is 0 Å². The van der Waals surface area contributed by atoms with Crippen molar-refractivity contribution in [2.45, 2.75) is 45.3 Å². The Morgan fingerprint density at radius 2 is 1.79 bits per heavy atom. The Balaban J connectivity index is 2.16. The van der Waals surface area contributed by atoms with Gasteiger partial charge in [-0.15, -0.1) is 0 Å². The van der Waals surface area contributed by atoms with Crippen molar-refractivity contribution in [3.8, 4) is 0 Å². The molecule has 4 unspecified atom stereocenters. The van der Waals surface area contributed by atoms with Crippen LogP contribution in [0.1, 0.15) is 40.0 Å². The molecule has 80 valence electrons. The highest BCUT2D eigenvalue weighted by molar-refractivity contribution is 7.81. The normalized spacial score (nSPS) is 41.7. The second-order valence-corrected chi connectivity index (χ2v) is 6.72. The SMILES string of the molecule is C=C(C1C2CCC(C2)C1S)C(C)(C)C. The van der Waals surface area contributed by atoms with Gasteiger partial charge in [-0.25, -0.2) is 0 Å². The Hall–Kier alpha value is 0.0900. The van der Waals surface area contributed by atoms with Crippen molar-refractivity contribution in [1.82, 2.24) is 0 Å². The van der Waals surface area contributed by atoms with Gasteiger partial charge in [-0.05, 0) is 42.4 Å². The minimum absolute atomic E-state index is 0.260. The molecule has 2 fully saturated rings. The first kappa shape index (κ1) is 10.6. The van der Waals surface area contributed by atoms with Gasteiger partial charge in [0.1, 0.15) is 0 Å². The highest BCUT2D eigenvalue weighted by atomic mass is 32.1. The van der Waals surface area contributed by atoms with Crippen LogP contribution >= 0.6 is 12.6 Å². The maximum atomic E-state index is 4.80. The number of hydrogen-bond donors (Lipinski definition) is 1. The van der Waals surface area contributed by atoms with Gasteiger partial charge in [0.2, 0.25) is 0 Å². The van der Waals surface area contributed by atoms with Gasteiger partial charge in [0.25, 0.3) is 0 Å². The van der Waals surface area contributed by atoms with E-state index in [0.29, 0.717) is 11.2 Å². The van der Waals surface area contributed by atoms with Crippen LogP contribution in [0.5, 0.6) is 0 Å². The quantitative estimate of drug-likeness (QED) is 0.492. The lowest BCUT2D eigenvalue weighted by Gasteiger charge is -2.35. The summed E-state index contributed by atoms with van der Waals surface area (Å²) in [6.07, 6.45) is 4.24. The molecule has 0 aliphatic heterocycles. The van der Waals surface area contributed by atoms with E-state index in [0.717, 1.165) is 11.8 Å². The van der Waals surface area contributed by atoms with Gasteiger partial charge in [-0.3, -0.25) is 0 Å². The molecule has 1 heteroatoms. The molecule has 2 bridgehead atoms. The third-order valence-electron chi connectivity index (χ3n) is 4.24. The monoisotopic (exact) mass is 210 g/mol. The highest BCUT2D eigenvalue weighted by Crippen LogP contribution is 2.55. The predicted molar refractivity (Wildman–Crippen MR) is 65.7 cm³/mol. The molecule has 2 rings (SSSR count). The van der Waals surface area contributed by atoms with Crippen LogP contribution in [-0.2, 0) is 0 Å². The van der Waals surface area contributed by atoms with Crippen LogP contribution in [0, 0.1) is 23.2 Å². The molecule has 0 spiro atoms. The molecule has 14 heavy (non-hydrogen) atoms. The minimum Gasteiger partial charge on any atom is -0.175 e. The minimum atomic E-state index is 0.260. The van der Waals surface area contributed by atoms with Crippen LogP contribution < -0.4 is 0 Å². The molecule has 0 aromatic heterocycles. The van der Waals surface area contributed by atoms with Gasteiger partial charge in [0.15, 0.2) is 0 Å². The van der Waals surface area contributed by atoms with E-state index in [2.05, 4.69) is 27.4 Å². The lowest BCUT2D eigenvalue weighted by atomic mass is 9.73. The smallest absolute Gasteiger partial charge is 0.0113 e. The van der Waals surface area contributed by atoms with Gasteiger partial charge < -0.3 is 0 Å². The highest BCUT2D eigenvalue weighted by Gasteiger charge is 2.48. The number of allylic oxidation sites excluding steroid dienone is 1. The fourth-order valence-electron chi connectivity index (χ4n) is 3.25. The third kappa shape index (κ3) is 1.54. The lowest BCUT2D eigenvalue weighted by molar-refractivity contribution is 0.329. The largest absolute Gasteiger partial charge is 0.175 e. The molecule has 0 N–H and O–H groups in total.